The number of hydrogen-bond acceptors (Lipinski definition) is 6. The molecule has 2 aromatic carbocycles. The first-order valence-electron chi connectivity index (χ1n) is 12.5. The average molecular weight is 622 g/mol. The fraction of sp³-hybridized carbons (Fsp3) is 0.462. The van der Waals surface area contributed by atoms with Gasteiger partial charge in [-0.05, 0) is 73.2 Å². The highest BCUT2D eigenvalue weighted by Gasteiger charge is 2.22. The Kier molecular flexibility index (Phi) is 8.59. The van der Waals surface area contributed by atoms with Crippen LogP contribution in [0.15, 0.2) is 30.7 Å². The molecule has 194 valence electrons. The molecule has 0 atom stereocenters. The Labute approximate surface area is 227 Å². The molecule has 0 spiro atoms. The predicted octanol–water partition coefficient (Wildman–Crippen LogP) is 4.13. The summed E-state index contributed by atoms with van der Waals surface area (Å²) in [6.07, 6.45) is 4.21. The number of aromatic amines is 2. The van der Waals surface area contributed by atoms with Crippen molar-refractivity contribution in [1.29, 1.82) is 0 Å². The van der Waals surface area contributed by atoms with Crippen LogP contribution < -0.4 is 22.6 Å². The van der Waals surface area contributed by atoms with E-state index in [2.05, 4.69) is 65.5 Å². The Balaban J connectivity index is 0.000000174. The Morgan fingerprint density at radius 3 is 1.94 bits per heavy atom. The molecule has 36 heavy (non-hydrogen) atoms. The first-order valence-corrected chi connectivity index (χ1v) is 14.1. The number of benzene rings is 2. The van der Waals surface area contributed by atoms with E-state index in [1.54, 1.807) is 0 Å². The Morgan fingerprint density at radius 2 is 1.33 bits per heavy atom. The second-order valence-electron chi connectivity index (χ2n) is 9.52. The van der Waals surface area contributed by atoms with Gasteiger partial charge in [0.15, 0.2) is 0 Å². The minimum Gasteiger partial charge on any atom is -0.397 e. The number of aromatic nitrogens is 2. The van der Waals surface area contributed by atoms with Crippen LogP contribution in [0.3, 0.4) is 0 Å². The molecular weight excluding hydrogens is 588 g/mol. The van der Waals surface area contributed by atoms with E-state index in [4.69, 9.17) is 11.5 Å². The van der Waals surface area contributed by atoms with Crippen LogP contribution in [0, 0.1) is 0 Å². The molecule has 5 rings (SSSR count). The number of H-pyrrole nitrogens is 2. The Bertz CT molecular complexity index is 1380. The summed E-state index contributed by atoms with van der Waals surface area (Å²) >= 11 is 7.17. The summed E-state index contributed by atoms with van der Waals surface area (Å²) < 4.78 is 2.08. The summed E-state index contributed by atoms with van der Waals surface area (Å²) in [7, 11) is 0. The number of anilines is 2. The number of fused-ring (bicyclic) bond motifs is 4. The summed E-state index contributed by atoms with van der Waals surface area (Å²) in [5.74, 6) is 0. The lowest BCUT2D eigenvalue weighted by atomic mass is 9.97. The second kappa shape index (κ2) is 11.5. The summed E-state index contributed by atoms with van der Waals surface area (Å²) in [5, 5.41) is 0. The van der Waals surface area contributed by atoms with Crippen LogP contribution in [0.5, 0.6) is 0 Å². The van der Waals surface area contributed by atoms with Crippen molar-refractivity contribution in [2.75, 3.05) is 37.6 Å². The zero-order valence-electron chi connectivity index (χ0n) is 20.8. The van der Waals surface area contributed by atoms with E-state index in [0.717, 1.165) is 84.2 Å². The molecule has 0 radical (unpaired) electrons. The van der Waals surface area contributed by atoms with Crippen LogP contribution in [0.4, 0.5) is 11.4 Å². The molecule has 0 aliphatic carbocycles. The molecule has 2 aliphatic heterocycles. The van der Waals surface area contributed by atoms with Gasteiger partial charge in [-0.3, -0.25) is 19.4 Å². The van der Waals surface area contributed by atoms with Gasteiger partial charge in [0.05, 0.1) is 22.4 Å². The molecule has 0 bridgehead atoms. The Morgan fingerprint density at radius 1 is 0.806 bits per heavy atom. The lowest BCUT2D eigenvalue weighted by Gasteiger charge is -2.30. The van der Waals surface area contributed by atoms with Gasteiger partial charge in [0, 0.05) is 35.1 Å². The van der Waals surface area contributed by atoms with Crippen molar-refractivity contribution in [2.45, 2.75) is 52.6 Å². The third-order valence-corrected chi connectivity index (χ3v) is 8.37. The van der Waals surface area contributed by atoms with E-state index in [9.17, 15) is 9.59 Å². The summed E-state index contributed by atoms with van der Waals surface area (Å²) in [4.78, 5) is 33.2. The molecule has 3 aromatic rings. The van der Waals surface area contributed by atoms with Crippen molar-refractivity contribution in [3.63, 3.8) is 0 Å². The van der Waals surface area contributed by atoms with Crippen LogP contribution >= 0.6 is 31.9 Å². The minimum absolute atomic E-state index is 0.585. The van der Waals surface area contributed by atoms with Crippen LogP contribution in [0.2, 0.25) is 0 Å². The summed E-state index contributed by atoms with van der Waals surface area (Å²) in [6, 6.07) is 3.80. The number of nitrogen functional groups attached to an aromatic ring is 2. The zero-order chi connectivity index (χ0) is 26.0. The normalized spacial score (nSPS) is 15.8. The molecule has 3 heterocycles. The largest absolute Gasteiger partial charge is 0.397 e. The first kappa shape index (κ1) is 26.9. The van der Waals surface area contributed by atoms with Gasteiger partial charge in [0.1, 0.15) is 0 Å². The first-order chi connectivity index (χ1) is 17.2. The highest BCUT2D eigenvalue weighted by atomic mass is 79.9. The third-order valence-electron chi connectivity index (χ3n) is 6.96. The number of nitrogens with zero attached hydrogens (tertiary/aromatic N) is 2. The van der Waals surface area contributed by atoms with E-state index in [0.29, 0.717) is 11.2 Å². The lowest BCUT2D eigenvalue weighted by Crippen LogP contribution is -2.33. The van der Waals surface area contributed by atoms with Crippen LogP contribution in [0.25, 0.3) is 11.0 Å². The monoisotopic (exact) mass is 620 g/mol. The lowest BCUT2D eigenvalue weighted by molar-refractivity contribution is 0.254. The minimum atomic E-state index is -0.604. The molecule has 0 saturated heterocycles. The predicted molar refractivity (Wildman–Crippen MR) is 154 cm³/mol. The third kappa shape index (κ3) is 5.56. The fourth-order valence-corrected chi connectivity index (χ4v) is 6.38. The van der Waals surface area contributed by atoms with Crippen molar-refractivity contribution >= 4 is 54.3 Å². The van der Waals surface area contributed by atoms with Crippen molar-refractivity contribution in [3.8, 4) is 0 Å². The maximum Gasteiger partial charge on any atom is 0.314 e. The molecule has 0 amide bonds. The standard InChI is InChI=1S/C14H16BrN3O2.C12H18BrN3/c1-2-4-18-5-3-8-9(7-18)10(15)6-11-12(8)17-14(20)13(19)16-11;1-2-4-16-5-3-8-9(7-16)10(13)6-11(14)12(8)15/h6H,2-5,7H2,1H3,(H,16,19)(H,17,20);6H,2-5,7,14-15H2,1H3. The average Bonchev–Trinajstić information content (AvgIpc) is 2.85. The highest BCUT2D eigenvalue weighted by molar-refractivity contribution is 9.10. The van der Waals surface area contributed by atoms with Gasteiger partial charge in [0.2, 0.25) is 0 Å². The van der Waals surface area contributed by atoms with Crippen LogP contribution in [0.1, 0.15) is 48.9 Å². The second-order valence-corrected chi connectivity index (χ2v) is 11.2. The van der Waals surface area contributed by atoms with E-state index in [-0.39, 0.29) is 0 Å². The van der Waals surface area contributed by atoms with E-state index < -0.39 is 11.1 Å². The van der Waals surface area contributed by atoms with Gasteiger partial charge in [-0.25, -0.2) is 0 Å². The van der Waals surface area contributed by atoms with Gasteiger partial charge in [-0.2, -0.15) is 0 Å². The number of hydrogen-bond donors (Lipinski definition) is 4. The molecule has 0 fully saturated rings. The highest BCUT2D eigenvalue weighted by Crippen LogP contribution is 2.35. The van der Waals surface area contributed by atoms with Gasteiger partial charge >= 0.3 is 11.1 Å². The number of nitrogens with one attached hydrogen (secondary N) is 2. The molecule has 6 N–H and O–H groups in total. The van der Waals surface area contributed by atoms with Crippen LogP contribution in [-0.2, 0) is 25.9 Å². The van der Waals surface area contributed by atoms with E-state index in [1.165, 1.54) is 23.1 Å². The van der Waals surface area contributed by atoms with Crippen molar-refractivity contribution in [2.24, 2.45) is 0 Å². The van der Waals surface area contributed by atoms with Crippen molar-refractivity contribution in [3.05, 3.63) is 64.0 Å². The topological polar surface area (TPSA) is 124 Å². The molecule has 1 aromatic heterocycles. The number of halogens is 2. The molecule has 0 unspecified atom stereocenters. The zero-order valence-corrected chi connectivity index (χ0v) is 24.0. The van der Waals surface area contributed by atoms with Gasteiger partial charge < -0.3 is 21.4 Å². The maximum absolute atomic E-state index is 11.5. The number of nitrogens with two attached hydrogens (primary N) is 2. The summed E-state index contributed by atoms with van der Waals surface area (Å²) in [6.45, 7) is 10.5. The van der Waals surface area contributed by atoms with Gasteiger partial charge in [-0.15, -0.1) is 0 Å². The Hall–Kier alpha value is -2.14. The van der Waals surface area contributed by atoms with E-state index in [1.807, 2.05) is 12.1 Å². The number of rotatable bonds is 4. The SMILES string of the molecule is CCCN1CCc2c(N)c(N)cc(Br)c2C1.CCCN1CCc2c(c(Br)cc3[nH]c(=O)c(=O)[nH]c23)C1. The van der Waals surface area contributed by atoms with Crippen molar-refractivity contribution in [1.82, 2.24) is 19.8 Å². The summed E-state index contributed by atoms with van der Waals surface area (Å²) in [5.41, 5.74) is 18.5. The quantitative estimate of drug-likeness (QED) is 0.257. The van der Waals surface area contributed by atoms with Crippen molar-refractivity contribution < 1.29 is 0 Å². The molecule has 8 nitrogen and oxygen atoms in total. The molecule has 0 saturated carbocycles. The molecule has 2 aliphatic rings. The maximum atomic E-state index is 11.5. The van der Waals surface area contributed by atoms with E-state index >= 15 is 0 Å². The fourth-order valence-electron chi connectivity index (χ4n) is 5.18. The van der Waals surface area contributed by atoms with Gasteiger partial charge in [0.25, 0.3) is 0 Å². The van der Waals surface area contributed by atoms with Crippen LogP contribution in [-0.4, -0.2) is 45.9 Å². The molecular formula is C26H34Br2N6O2. The van der Waals surface area contributed by atoms with Gasteiger partial charge in [-0.1, -0.05) is 45.7 Å². The smallest absolute Gasteiger partial charge is 0.314 e. The molecule has 10 heteroatoms.